The molecule has 0 saturated carbocycles. The Balaban J connectivity index is 1.28. The Morgan fingerprint density at radius 2 is 1.93 bits per heavy atom. The van der Waals surface area contributed by atoms with Crippen molar-refractivity contribution in [1.82, 2.24) is 13.0 Å². The highest BCUT2D eigenvalue weighted by Gasteiger charge is 2.42. The van der Waals surface area contributed by atoms with Gasteiger partial charge in [-0.3, -0.25) is 24.9 Å². The van der Waals surface area contributed by atoms with Crippen molar-refractivity contribution >= 4 is 69.8 Å². The van der Waals surface area contributed by atoms with Gasteiger partial charge in [0.05, 0.1) is 36.6 Å². The predicted octanol–water partition coefficient (Wildman–Crippen LogP) is 4.00. The number of piperidine rings is 1. The first-order valence-corrected chi connectivity index (χ1v) is 15.1. The fourth-order valence-corrected chi connectivity index (χ4v) is 5.69. The summed E-state index contributed by atoms with van der Waals surface area (Å²) in [4.78, 5) is 56.4. The van der Waals surface area contributed by atoms with E-state index < -0.39 is 17.9 Å². The molecule has 0 radical (unpaired) electrons. The van der Waals surface area contributed by atoms with Crippen LogP contribution in [0, 0.1) is 0 Å². The van der Waals surface area contributed by atoms with Crippen molar-refractivity contribution < 1.29 is 33.4 Å². The van der Waals surface area contributed by atoms with E-state index in [1.165, 1.54) is 18.1 Å². The third-order valence-corrected chi connectivity index (χ3v) is 8.21. The maximum absolute atomic E-state index is 13.1. The van der Waals surface area contributed by atoms with E-state index in [2.05, 4.69) is 15.6 Å². The number of halogens is 1. The molecule has 0 spiro atoms. The molecule has 45 heavy (non-hydrogen) atoms. The molecule has 1 saturated heterocycles. The standard InChI is InChI=1S/C31H31IN6O7/c1-3-44-25-15-21(14-24(43-2)28(25)45-17-33)36-29-18(5-4-12-34-29)6-10-26(39)35-20-7-8-22-19(13-20)16-37(30(22)41)23-9-11-27(40)38(32)31(23)42/h4-8,10,12-15,23H,3,9,11,16-17,33H2,1-2H3,(H,34,36)(H,35,39)/b10-6+. The highest BCUT2D eigenvalue weighted by molar-refractivity contribution is 14.1. The van der Waals surface area contributed by atoms with E-state index in [0.717, 1.165) is 3.11 Å². The largest absolute Gasteiger partial charge is 0.493 e. The van der Waals surface area contributed by atoms with Crippen LogP contribution < -0.4 is 30.6 Å². The highest BCUT2D eigenvalue weighted by atomic mass is 127. The molecule has 5 rings (SSSR count). The van der Waals surface area contributed by atoms with Gasteiger partial charge in [-0.1, -0.05) is 0 Å². The van der Waals surface area contributed by atoms with Gasteiger partial charge < -0.3 is 29.7 Å². The number of carbonyl (C=O) groups is 4. The molecule has 13 nitrogen and oxygen atoms in total. The minimum atomic E-state index is -0.702. The van der Waals surface area contributed by atoms with Crippen molar-refractivity contribution in [3.8, 4) is 17.2 Å². The van der Waals surface area contributed by atoms with Crippen molar-refractivity contribution in [1.29, 1.82) is 0 Å². The van der Waals surface area contributed by atoms with Crippen LogP contribution in [0.2, 0.25) is 0 Å². The summed E-state index contributed by atoms with van der Waals surface area (Å²) in [6.45, 7) is 2.41. The smallest absolute Gasteiger partial charge is 0.260 e. The van der Waals surface area contributed by atoms with Gasteiger partial charge in [0, 0.05) is 59.9 Å². The molecule has 14 heteroatoms. The minimum absolute atomic E-state index is 0.0509. The van der Waals surface area contributed by atoms with Gasteiger partial charge in [0.1, 0.15) is 18.6 Å². The molecule has 0 bridgehead atoms. The van der Waals surface area contributed by atoms with Crippen molar-refractivity contribution in [3.05, 3.63) is 71.4 Å². The number of nitrogens with two attached hydrogens (primary N) is 1. The van der Waals surface area contributed by atoms with Gasteiger partial charge in [0.25, 0.3) is 11.8 Å². The number of ether oxygens (including phenoxy) is 3. The van der Waals surface area contributed by atoms with Crippen molar-refractivity contribution in [2.24, 2.45) is 5.73 Å². The maximum Gasteiger partial charge on any atom is 0.260 e. The van der Waals surface area contributed by atoms with Crippen LogP contribution in [-0.2, 0) is 20.9 Å². The lowest BCUT2D eigenvalue weighted by Gasteiger charge is -2.32. The van der Waals surface area contributed by atoms with Gasteiger partial charge in [0.2, 0.25) is 17.6 Å². The van der Waals surface area contributed by atoms with Crippen LogP contribution in [0.4, 0.5) is 17.2 Å². The van der Waals surface area contributed by atoms with Gasteiger partial charge >= 0.3 is 0 Å². The number of amides is 4. The lowest BCUT2D eigenvalue weighted by atomic mass is 10.0. The van der Waals surface area contributed by atoms with Gasteiger partial charge in [-0.05, 0) is 55.3 Å². The number of pyridine rings is 1. The number of aromatic nitrogens is 1. The zero-order chi connectivity index (χ0) is 32.1. The quantitative estimate of drug-likeness (QED) is 0.0865. The Hall–Kier alpha value is -4.70. The van der Waals surface area contributed by atoms with E-state index in [-0.39, 0.29) is 37.9 Å². The molecule has 1 fully saturated rings. The van der Waals surface area contributed by atoms with Crippen LogP contribution in [0.15, 0.2) is 54.7 Å². The van der Waals surface area contributed by atoms with Gasteiger partial charge in [-0.15, -0.1) is 0 Å². The summed E-state index contributed by atoms with van der Waals surface area (Å²) in [5.74, 6) is 0.412. The lowest BCUT2D eigenvalue weighted by molar-refractivity contribution is -0.143. The van der Waals surface area contributed by atoms with E-state index in [1.807, 2.05) is 6.92 Å². The number of anilines is 3. The maximum atomic E-state index is 13.1. The lowest BCUT2D eigenvalue weighted by Crippen LogP contribution is -2.51. The van der Waals surface area contributed by atoms with Crippen LogP contribution in [0.1, 0.15) is 41.3 Å². The molecule has 2 aliphatic heterocycles. The van der Waals surface area contributed by atoms with Crippen LogP contribution in [0.25, 0.3) is 6.08 Å². The van der Waals surface area contributed by atoms with E-state index in [1.54, 1.807) is 77.6 Å². The number of hydrogen-bond acceptors (Lipinski definition) is 10. The number of hydrogen-bond donors (Lipinski definition) is 3. The summed E-state index contributed by atoms with van der Waals surface area (Å²) in [6, 6.07) is 11.3. The average molecular weight is 727 g/mol. The average Bonchev–Trinajstić information content (AvgIpc) is 3.35. The third-order valence-electron chi connectivity index (χ3n) is 7.19. The number of fused-ring (bicyclic) bond motifs is 1. The first-order valence-electron chi connectivity index (χ1n) is 14.1. The van der Waals surface area contributed by atoms with E-state index >= 15 is 0 Å². The summed E-state index contributed by atoms with van der Waals surface area (Å²) in [5, 5.41) is 6.06. The number of imide groups is 1. The molecule has 2 aliphatic rings. The molecule has 1 aromatic heterocycles. The Kier molecular flexibility index (Phi) is 9.83. The Morgan fingerprint density at radius 1 is 1.13 bits per heavy atom. The second kappa shape index (κ2) is 13.9. The molecule has 1 atom stereocenters. The van der Waals surface area contributed by atoms with Crippen molar-refractivity contribution in [2.45, 2.75) is 32.4 Å². The topological polar surface area (TPSA) is 165 Å². The molecule has 3 aromatic rings. The first kappa shape index (κ1) is 31.7. The van der Waals surface area contributed by atoms with E-state index in [4.69, 9.17) is 19.9 Å². The number of nitrogens with one attached hydrogen (secondary N) is 2. The monoisotopic (exact) mass is 726 g/mol. The molecule has 4 amide bonds. The summed E-state index contributed by atoms with van der Waals surface area (Å²) >= 11 is 1.68. The number of nitrogens with zero attached hydrogens (tertiary/aromatic N) is 3. The number of methoxy groups -OCH3 is 1. The SMILES string of the molecule is CCOc1cc(Nc2ncccc2/C=C/C(=O)Nc2ccc3c(c2)CN(C2CCC(=O)N(I)C2=O)C3=O)cc(OC)c1OCN. The molecule has 2 aromatic carbocycles. The summed E-state index contributed by atoms with van der Waals surface area (Å²) in [5.41, 5.74) is 8.49. The van der Waals surface area contributed by atoms with Gasteiger partial charge in [0.15, 0.2) is 11.5 Å². The summed E-state index contributed by atoms with van der Waals surface area (Å²) < 4.78 is 17.8. The second-order valence-corrected chi connectivity index (χ2v) is 11.0. The summed E-state index contributed by atoms with van der Waals surface area (Å²) in [7, 11) is 1.51. The fourth-order valence-electron chi connectivity index (χ4n) is 5.13. The zero-order valence-corrected chi connectivity index (χ0v) is 26.7. The van der Waals surface area contributed by atoms with Crippen LogP contribution in [0.5, 0.6) is 17.2 Å². The van der Waals surface area contributed by atoms with Crippen LogP contribution in [0.3, 0.4) is 0 Å². The van der Waals surface area contributed by atoms with Crippen LogP contribution >= 0.6 is 22.9 Å². The molecule has 1 unspecified atom stereocenters. The molecular formula is C31H31IN6O7. The number of rotatable bonds is 11. The van der Waals surface area contributed by atoms with Gasteiger partial charge in [-0.2, -0.15) is 0 Å². The van der Waals surface area contributed by atoms with E-state index in [0.29, 0.717) is 57.7 Å². The highest BCUT2D eigenvalue weighted by Crippen LogP contribution is 2.41. The second-order valence-electron chi connectivity index (χ2n) is 10.0. The molecule has 0 aliphatic carbocycles. The van der Waals surface area contributed by atoms with Crippen molar-refractivity contribution in [3.63, 3.8) is 0 Å². The Bertz CT molecular complexity index is 1680. The predicted molar refractivity (Wildman–Crippen MR) is 174 cm³/mol. The molecular weight excluding hydrogens is 695 g/mol. The van der Waals surface area contributed by atoms with Crippen molar-refractivity contribution in [2.75, 3.05) is 31.1 Å². The minimum Gasteiger partial charge on any atom is -0.493 e. The first-order chi connectivity index (χ1) is 21.7. The van der Waals surface area contributed by atoms with Crippen LogP contribution in [-0.4, -0.2) is 63.1 Å². The zero-order valence-electron chi connectivity index (χ0n) is 24.5. The molecule has 234 valence electrons. The number of benzene rings is 2. The number of carbonyl (C=O) groups excluding carboxylic acids is 4. The molecule has 4 N–H and O–H groups in total. The Labute approximate surface area is 273 Å². The fraction of sp³-hybridized carbons (Fsp3) is 0.258. The third kappa shape index (κ3) is 6.86. The van der Waals surface area contributed by atoms with Gasteiger partial charge in [-0.25, -0.2) is 8.10 Å². The summed E-state index contributed by atoms with van der Waals surface area (Å²) in [6.07, 6.45) is 5.11. The normalized spacial score (nSPS) is 16.2. The van der Waals surface area contributed by atoms with E-state index in [9.17, 15) is 19.2 Å². The molecule has 3 heterocycles. The Morgan fingerprint density at radius 3 is 2.69 bits per heavy atom.